The van der Waals surface area contributed by atoms with Crippen molar-refractivity contribution in [2.45, 2.75) is 33.8 Å². The van der Waals surface area contributed by atoms with Crippen molar-refractivity contribution >= 4 is 5.91 Å². The van der Waals surface area contributed by atoms with Gasteiger partial charge < -0.3 is 15.0 Å². The van der Waals surface area contributed by atoms with Gasteiger partial charge in [-0.05, 0) is 41.8 Å². The van der Waals surface area contributed by atoms with Crippen LogP contribution in [0.15, 0.2) is 0 Å². The summed E-state index contributed by atoms with van der Waals surface area (Å²) in [6.07, 6.45) is 0.161. The summed E-state index contributed by atoms with van der Waals surface area (Å²) in [5, 5.41) is 2.92. The van der Waals surface area contributed by atoms with E-state index >= 15 is 0 Å². The van der Waals surface area contributed by atoms with Crippen LogP contribution < -0.4 is 5.32 Å². The molecule has 0 aromatic carbocycles. The van der Waals surface area contributed by atoms with Crippen molar-refractivity contribution in [1.29, 1.82) is 0 Å². The Balaban J connectivity index is 3.94. The standard InChI is InChI=1S/C12H26N2O2/c1-10(2)16-9-12(3,4)11(15)13-7-8-14(5)6/h10H,7-9H2,1-6H3,(H,13,15). The highest BCUT2D eigenvalue weighted by atomic mass is 16.5. The molecule has 0 bridgehead atoms. The number of nitrogens with zero attached hydrogens (tertiary/aromatic N) is 1. The third-order valence-electron chi connectivity index (χ3n) is 2.24. The van der Waals surface area contributed by atoms with Gasteiger partial charge in [-0.1, -0.05) is 0 Å². The number of ether oxygens (including phenoxy) is 1. The van der Waals surface area contributed by atoms with Crippen molar-refractivity contribution in [2.75, 3.05) is 33.8 Å². The molecule has 0 aliphatic heterocycles. The molecule has 0 saturated carbocycles. The number of hydrogen-bond acceptors (Lipinski definition) is 3. The molecule has 4 heteroatoms. The SMILES string of the molecule is CC(C)OCC(C)(C)C(=O)NCCN(C)C. The first-order valence-corrected chi connectivity index (χ1v) is 5.80. The smallest absolute Gasteiger partial charge is 0.228 e. The summed E-state index contributed by atoms with van der Waals surface area (Å²) in [6.45, 7) is 9.74. The Morgan fingerprint density at radius 2 is 1.94 bits per heavy atom. The second-order valence-electron chi connectivity index (χ2n) is 5.30. The van der Waals surface area contributed by atoms with Gasteiger partial charge in [0.1, 0.15) is 0 Å². The van der Waals surface area contributed by atoms with Gasteiger partial charge >= 0.3 is 0 Å². The van der Waals surface area contributed by atoms with Crippen molar-refractivity contribution in [1.82, 2.24) is 10.2 Å². The summed E-state index contributed by atoms with van der Waals surface area (Å²) < 4.78 is 5.48. The Morgan fingerprint density at radius 3 is 2.38 bits per heavy atom. The van der Waals surface area contributed by atoms with Crippen LogP contribution in [0.4, 0.5) is 0 Å². The van der Waals surface area contributed by atoms with Gasteiger partial charge in [0.15, 0.2) is 0 Å². The van der Waals surface area contributed by atoms with Crippen molar-refractivity contribution in [3.05, 3.63) is 0 Å². The van der Waals surface area contributed by atoms with Crippen LogP contribution in [0.3, 0.4) is 0 Å². The average molecular weight is 230 g/mol. The highest BCUT2D eigenvalue weighted by molar-refractivity contribution is 5.81. The molecule has 0 aliphatic carbocycles. The Bertz CT molecular complexity index is 213. The number of carbonyl (C=O) groups excluding carboxylic acids is 1. The third kappa shape index (κ3) is 6.80. The van der Waals surface area contributed by atoms with E-state index < -0.39 is 5.41 Å². The monoisotopic (exact) mass is 230 g/mol. The van der Waals surface area contributed by atoms with Crippen LogP contribution in [0.1, 0.15) is 27.7 Å². The van der Waals surface area contributed by atoms with Crippen molar-refractivity contribution < 1.29 is 9.53 Å². The normalized spacial score (nSPS) is 12.2. The lowest BCUT2D eigenvalue weighted by Crippen LogP contribution is -2.42. The molecule has 96 valence electrons. The van der Waals surface area contributed by atoms with E-state index in [1.807, 2.05) is 46.7 Å². The Morgan fingerprint density at radius 1 is 1.38 bits per heavy atom. The van der Waals surface area contributed by atoms with E-state index in [1.165, 1.54) is 0 Å². The van der Waals surface area contributed by atoms with E-state index in [2.05, 4.69) is 5.32 Å². The van der Waals surface area contributed by atoms with Crippen LogP contribution >= 0.6 is 0 Å². The molecule has 1 N–H and O–H groups in total. The van der Waals surface area contributed by atoms with E-state index in [0.29, 0.717) is 13.2 Å². The molecule has 16 heavy (non-hydrogen) atoms. The highest BCUT2D eigenvalue weighted by Crippen LogP contribution is 2.16. The molecule has 4 nitrogen and oxygen atoms in total. The Labute approximate surface area is 99.3 Å². The second kappa shape index (κ2) is 6.86. The predicted octanol–water partition coefficient (Wildman–Crippen LogP) is 1.12. The molecule has 0 rings (SSSR count). The maximum atomic E-state index is 11.8. The summed E-state index contributed by atoms with van der Waals surface area (Å²) in [5.41, 5.74) is -0.462. The van der Waals surface area contributed by atoms with E-state index in [4.69, 9.17) is 4.74 Å². The summed E-state index contributed by atoms with van der Waals surface area (Å²) in [4.78, 5) is 13.9. The second-order valence-corrected chi connectivity index (χ2v) is 5.30. The first kappa shape index (κ1) is 15.4. The minimum atomic E-state index is -0.462. The highest BCUT2D eigenvalue weighted by Gasteiger charge is 2.27. The van der Waals surface area contributed by atoms with Gasteiger partial charge in [0, 0.05) is 13.1 Å². The van der Waals surface area contributed by atoms with Gasteiger partial charge in [0.25, 0.3) is 0 Å². The summed E-state index contributed by atoms with van der Waals surface area (Å²) in [6, 6.07) is 0. The molecule has 0 saturated heterocycles. The molecule has 1 amide bonds. The molecule has 0 aliphatic rings. The molecule has 0 heterocycles. The molecule has 0 radical (unpaired) electrons. The average Bonchev–Trinajstić information content (AvgIpc) is 2.14. The van der Waals surface area contributed by atoms with Crippen LogP contribution in [0.25, 0.3) is 0 Å². The van der Waals surface area contributed by atoms with E-state index in [1.54, 1.807) is 0 Å². The van der Waals surface area contributed by atoms with Gasteiger partial charge in [-0.3, -0.25) is 4.79 Å². The largest absolute Gasteiger partial charge is 0.378 e. The summed E-state index contributed by atoms with van der Waals surface area (Å²) in [5.74, 6) is 0.0509. The first-order chi connectivity index (χ1) is 7.25. The van der Waals surface area contributed by atoms with Gasteiger partial charge in [0.05, 0.1) is 18.1 Å². The number of hydrogen-bond donors (Lipinski definition) is 1. The molecular formula is C12H26N2O2. The fourth-order valence-electron chi connectivity index (χ4n) is 1.07. The number of carbonyl (C=O) groups is 1. The van der Waals surface area contributed by atoms with Crippen molar-refractivity contribution in [2.24, 2.45) is 5.41 Å². The molecule has 0 spiro atoms. The van der Waals surface area contributed by atoms with Gasteiger partial charge in [0.2, 0.25) is 5.91 Å². The van der Waals surface area contributed by atoms with E-state index in [-0.39, 0.29) is 12.0 Å². The fraction of sp³-hybridized carbons (Fsp3) is 0.917. The lowest BCUT2D eigenvalue weighted by molar-refractivity contribution is -0.133. The molecule has 0 fully saturated rings. The molecule has 0 aromatic heterocycles. The molecule has 0 atom stereocenters. The topological polar surface area (TPSA) is 41.6 Å². The predicted molar refractivity (Wildman–Crippen MR) is 66.4 cm³/mol. The van der Waals surface area contributed by atoms with Gasteiger partial charge in [-0.2, -0.15) is 0 Å². The van der Waals surface area contributed by atoms with Crippen molar-refractivity contribution in [3.63, 3.8) is 0 Å². The minimum Gasteiger partial charge on any atom is -0.378 e. The van der Waals surface area contributed by atoms with E-state index in [9.17, 15) is 4.79 Å². The molecule has 0 unspecified atom stereocenters. The van der Waals surface area contributed by atoms with Crippen molar-refractivity contribution in [3.8, 4) is 0 Å². The third-order valence-corrected chi connectivity index (χ3v) is 2.24. The molecule has 0 aromatic rings. The fourth-order valence-corrected chi connectivity index (χ4v) is 1.07. The number of rotatable bonds is 7. The zero-order valence-corrected chi connectivity index (χ0v) is 11.5. The van der Waals surface area contributed by atoms with Crippen LogP contribution in [-0.4, -0.2) is 50.7 Å². The van der Waals surface area contributed by atoms with Crippen LogP contribution in [0, 0.1) is 5.41 Å². The van der Waals surface area contributed by atoms with Crippen LogP contribution in [0.2, 0.25) is 0 Å². The van der Waals surface area contributed by atoms with Crippen LogP contribution in [-0.2, 0) is 9.53 Å². The zero-order chi connectivity index (χ0) is 12.8. The van der Waals surface area contributed by atoms with Crippen LogP contribution in [0.5, 0.6) is 0 Å². The summed E-state index contributed by atoms with van der Waals surface area (Å²) in [7, 11) is 3.97. The first-order valence-electron chi connectivity index (χ1n) is 5.80. The Kier molecular flexibility index (Phi) is 6.60. The lowest BCUT2D eigenvalue weighted by atomic mass is 9.93. The summed E-state index contributed by atoms with van der Waals surface area (Å²) >= 11 is 0. The quantitative estimate of drug-likeness (QED) is 0.712. The molecular weight excluding hydrogens is 204 g/mol. The zero-order valence-electron chi connectivity index (χ0n) is 11.5. The Hall–Kier alpha value is -0.610. The van der Waals surface area contributed by atoms with E-state index in [0.717, 1.165) is 6.54 Å². The number of nitrogens with one attached hydrogen (secondary N) is 1. The minimum absolute atomic E-state index is 0.0509. The van der Waals surface area contributed by atoms with Gasteiger partial charge in [-0.15, -0.1) is 0 Å². The number of amides is 1. The maximum Gasteiger partial charge on any atom is 0.228 e. The lowest BCUT2D eigenvalue weighted by Gasteiger charge is -2.25. The number of likely N-dealkylation sites (N-methyl/N-ethyl adjacent to an activating group) is 1. The van der Waals surface area contributed by atoms with Gasteiger partial charge in [-0.25, -0.2) is 0 Å². The maximum absolute atomic E-state index is 11.8.